The van der Waals surface area contributed by atoms with Crippen molar-refractivity contribution in [2.75, 3.05) is 13.1 Å². The Hall–Kier alpha value is -1.66. The van der Waals surface area contributed by atoms with Crippen molar-refractivity contribution in [3.63, 3.8) is 0 Å². The van der Waals surface area contributed by atoms with Gasteiger partial charge in [-0.2, -0.15) is 0 Å². The van der Waals surface area contributed by atoms with E-state index in [1.807, 2.05) is 13.8 Å². The van der Waals surface area contributed by atoms with E-state index in [0.29, 0.717) is 17.7 Å². The number of hydrogen-bond donors (Lipinski definition) is 1. The van der Waals surface area contributed by atoms with Crippen LogP contribution in [0, 0.1) is 17.0 Å². The van der Waals surface area contributed by atoms with E-state index in [9.17, 15) is 14.9 Å². The number of nitro benzene ring substituents is 1. The summed E-state index contributed by atoms with van der Waals surface area (Å²) in [5, 5.41) is 14.3. The number of rotatable bonds is 2. The molecule has 1 aliphatic heterocycles. The minimum atomic E-state index is -0.448. The summed E-state index contributed by atoms with van der Waals surface area (Å²) in [5.74, 6) is -0.132. The van der Waals surface area contributed by atoms with Gasteiger partial charge in [0.15, 0.2) is 0 Å². The Kier molecular flexibility index (Phi) is 5.69. The van der Waals surface area contributed by atoms with Gasteiger partial charge in [0.25, 0.3) is 11.6 Å². The van der Waals surface area contributed by atoms with Gasteiger partial charge in [0, 0.05) is 42.4 Å². The normalized spacial score (nSPS) is 21.6. The molecule has 21 heavy (non-hydrogen) atoms. The summed E-state index contributed by atoms with van der Waals surface area (Å²) in [7, 11) is 0. The standard InChI is InChI=1S/C14H19N3O3.ClH/c1-9-8-16(10(2)7-15-9)14(18)12-5-4-6-13(11(12)3)17(19)20;/h4-6,9-10,15H,7-8H2,1-3H3;1H. The first kappa shape index (κ1) is 17.4. The van der Waals surface area contributed by atoms with Crippen molar-refractivity contribution in [2.24, 2.45) is 0 Å². The van der Waals surface area contributed by atoms with Gasteiger partial charge in [-0.05, 0) is 26.8 Å². The first-order valence-electron chi connectivity index (χ1n) is 6.70. The average Bonchev–Trinajstić information content (AvgIpc) is 2.40. The molecule has 7 heteroatoms. The zero-order chi connectivity index (χ0) is 14.9. The van der Waals surface area contributed by atoms with Gasteiger partial charge >= 0.3 is 0 Å². The van der Waals surface area contributed by atoms with Crippen LogP contribution < -0.4 is 5.32 Å². The van der Waals surface area contributed by atoms with E-state index in [0.717, 1.165) is 6.54 Å². The second-order valence-electron chi connectivity index (χ2n) is 5.32. The molecule has 0 saturated carbocycles. The van der Waals surface area contributed by atoms with Crippen molar-refractivity contribution in [1.29, 1.82) is 0 Å². The van der Waals surface area contributed by atoms with Crippen molar-refractivity contribution in [3.8, 4) is 0 Å². The number of benzene rings is 1. The molecule has 6 nitrogen and oxygen atoms in total. The summed E-state index contributed by atoms with van der Waals surface area (Å²) in [5.41, 5.74) is 0.840. The molecule has 116 valence electrons. The van der Waals surface area contributed by atoms with Crippen molar-refractivity contribution >= 4 is 24.0 Å². The fourth-order valence-electron chi connectivity index (χ4n) is 2.51. The zero-order valence-electron chi connectivity index (χ0n) is 12.3. The number of carbonyl (C=O) groups is 1. The van der Waals surface area contributed by atoms with E-state index in [-0.39, 0.29) is 36.1 Å². The SMILES string of the molecule is Cc1c(C(=O)N2CC(C)NCC2C)cccc1[N+](=O)[O-].Cl. The van der Waals surface area contributed by atoms with Crippen LogP contribution in [0.25, 0.3) is 0 Å². The predicted octanol–water partition coefficient (Wildman–Crippen LogP) is 2.15. The third-order valence-electron chi connectivity index (χ3n) is 3.76. The van der Waals surface area contributed by atoms with Crippen molar-refractivity contribution in [2.45, 2.75) is 32.9 Å². The van der Waals surface area contributed by atoms with Crippen LogP contribution in [0.15, 0.2) is 18.2 Å². The average molecular weight is 314 g/mol. The van der Waals surface area contributed by atoms with E-state index in [2.05, 4.69) is 5.32 Å². The molecule has 2 atom stereocenters. The third-order valence-corrected chi connectivity index (χ3v) is 3.76. The highest BCUT2D eigenvalue weighted by atomic mass is 35.5. The number of carbonyl (C=O) groups excluding carboxylic acids is 1. The summed E-state index contributed by atoms with van der Waals surface area (Å²) in [6.45, 7) is 6.97. The highest BCUT2D eigenvalue weighted by Crippen LogP contribution is 2.23. The number of nitro groups is 1. The van der Waals surface area contributed by atoms with Gasteiger partial charge in [0.05, 0.1) is 4.92 Å². The Morgan fingerprint density at radius 2 is 2.10 bits per heavy atom. The number of piperazine rings is 1. The molecule has 2 rings (SSSR count). The Balaban J connectivity index is 0.00000220. The second kappa shape index (κ2) is 6.87. The molecule has 0 aliphatic carbocycles. The monoisotopic (exact) mass is 313 g/mol. The van der Waals surface area contributed by atoms with Crippen LogP contribution in [0.2, 0.25) is 0 Å². The molecular formula is C14H20ClN3O3. The Labute approximate surface area is 130 Å². The fraction of sp³-hybridized carbons (Fsp3) is 0.500. The molecule has 1 N–H and O–H groups in total. The Morgan fingerprint density at radius 3 is 2.71 bits per heavy atom. The van der Waals surface area contributed by atoms with Crippen LogP contribution in [0.3, 0.4) is 0 Å². The summed E-state index contributed by atoms with van der Waals surface area (Å²) in [4.78, 5) is 24.9. The largest absolute Gasteiger partial charge is 0.333 e. The first-order chi connectivity index (χ1) is 9.41. The Morgan fingerprint density at radius 1 is 1.43 bits per heavy atom. The highest BCUT2D eigenvalue weighted by molar-refractivity contribution is 5.96. The second-order valence-corrected chi connectivity index (χ2v) is 5.32. The maximum atomic E-state index is 12.6. The Bertz CT molecular complexity index is 550. The topological polar surface area (TPSA) is 75.5 Å². The number of nitrogens with zero attached hydrogens (tertiary/aromatic N) is 2. The van der Waals surface area contributed by atoms with Gasteiger partial charge in [0.2, 0.25) is 0 Å². The van der Waals surface area contributed by atoms with Crippen LogP contribution in [0.1, 0.15) is 29.8 Å². The summed E-state index contributed by atoms with van der Waals surface area (Å²) in [6, 6.07) is 4.96. The minimum absolute atomic E-state index is 0. The van der Waals surface area contributed by atoms with Crippen LogP contribution in [0.4, 0.5) is 5.69 Å². The molecular weight excluding hydrogens is 294 g/mol. The smallest absolute Gasteiger partial charge is 0.273 e. The van der Waals surface area contributed by atoms with Crippen LogP contribution in [-0.4, -0.2) is 40.9 Å². The molecule has 0 bridgehead atoms. The van der Waals surface area contributed by atoms with E-state index >= 15 is 0 Å². The van der Waals surface area contributed by atoms with Gasteiger partial charge in [-0.1, -0.05) is 6.07 Å². The number of hydrogen-bond acceptors (Lipinski definition) is 4. The van der Waals surface area contributed by atoms with Crippen molar-refractivity contribution in [3.05, 3.63) is 39.4 Å². The number of amides is 1. The fourth-order valence-corrected chi connectivity index (χ4v) is 2.51. The number of halogens is 1. The van der Waals surface area contributed by atoms with E-state index in [1.54, 1.807) is 24.0 Å². The molecule has 1 saturated heterocycles. The first-order valence-corrected chi connectivity index (χ1v) is 6.70. The molecule has 1 aromatic carbocycles. The lowest BCUT2D eigenvalue weighted by molar-refractivity contribution is -0.385. The molecule has 1 amide bonds. The molecule has 0 spiro atoms. The number of nitrogens with one attached hydrogen (secondary N) is 1. The van der Waals surface area contributed by atoms with Gasteiger partial charge in [-0.3, -0.25) is 14.9 Å². The molecule has 1 aromatic rings. The zero-order valence-corrected chi connectivity index (χ0v) is 13.1. The van der Waals surface area contributed by atoms with Crippen molar-refractivity contribution in [1.82, 2.24) is 10.2 Å². The molecule has 1 aliphatic rings. The van der Waals surface area contributed by atoms with Gasteiger partial charge < -0.3 is 10.2 Å². The van der Waals surface area contributed by atoms with Gasteiger partial charge in [0.1, 0.15) is 0 Å². The lowest BCUT2D eigenvalue weighted by Gasteiger charge is -2.37. The molecule has 0 radical (unpaired) electrons. The molecule has 1 heterocycles. The van der Waals surface area contributed by atoms with Crippen LogP contribution in [0.5, 0.6) is 0 Å². The third kappa shape index (κ3) is 3.51. The molecule has 2 unspecified atom stereocenters. The highest BCUT2D eigenvalue weighted by Gasteiger charge is 2.29. The van der Waals surface area contributed by atoms with Gasteiger partial charge in [-0.15, -0.1) is 12.4 Å². The molecule has 1 fully saturated rings. The minimum Gasteiger partial charge on any atom is -0.333 e. The molecule has 0 aromatic heterocycles. The maximum Gasteiger partial charge on any atom is 0.273 e. The van der Waals surface area contributed by atoms with E-state index in [4.69, 9.17) is 0 Å². The summed E-state index contributed by atoms with van der Waals surface area (Å²) < 4.78 is 0. The van der Waals surface area contributed by atoms with Crippen LogP contribution >= 0.6 is 12.4 Å². The predicted molar refractivity (Wildman–Crippen MR) is 83.0 cm³/mol. The quantitative estimate of drug-likeness (QED) is 0.670. The van der Waals surface area contributed by atoms with Crippen molar-refractivity contribution < 1.29 is 9.72 Å². The lowest BCUT2D eigenvalue weighted by Crippen LogP contribution is -2.56. The lowest BCUT2D eigenvalue weighted by atomic mass is 10.0. The summed E-state index contributed by atoms with van der Waals surface area (Å²) >= 11 is 0. The van der Waals surface area contributed by atoms with Crippen LogP contribution in [-0.2, 0) is 0 Å². The van der Waals surface area contributed by atoms with E-state index in [1.165, 1.54) is 6.07 Å². The summed E-state index contributed by atoms with van der Waals surface area (Å²) in [6.07, 6.45) is 0. The van der Waals surface area contributed by atoms with E-state index < -0.39 is 4.92 Å². The van der Waals surface area contributed by atoms with Gasteiger partial charge in [-0.25, -0.2) is 0 Å². The maximum absolute atomic E-state index is 12.6.